The highest BCUT2D eigenvalue weighted by Crippen LogP contribution is 2.28. The second-order valence-electron chi connectivity index (χ2n) is 20.4. The van der Waals surface area contributed by atoms with E-state index in [1.807, 2.05) is 0 Å². The molecule has 57 heavy (non-hydrogen) atoms. The highest BCUT2D eigenvalue weighted by Gasteiger charge is 2.15. The molecule has 4 fully saturated rings. The maximum atomic E-state index is 5.39. The van der Waals surface area contributed by atoms with Crippen molar-refractivity contribution in [2.45, 2.75) is 232 Å². The Bertz CT molecular complexity index is 938. The quantitative estimate of drug-likeness (QED) is 0.244. The summed E-state index contributed by atoms with van der Waals surface area (Å²) >= 11 is 0. The molecule has 2 aliphatic heterocycles. The van der Waals surface area contributed by atoms with Gasteiger partial charge in [0.1, 0.15) is 0 Å². The first kappa shape index (κ1) is 55.6. The first-order valence-corrected chi connectivity index (χ1v) is 24.1. The molecule has 336 valence electrons. The van der Waals surface area contributed by atoms with Crippen molar-refractivity contribution < 1.29 is 10.9 Å². The van der Waals surface area contributed by atoms with Crippen LogP contribution in [0.25, 0.3) is 0 Å². The fourth-order valence-corrected chi connectivity index (χ4v) is 7.71. The molecule has 0 amide bonds. The van der Waals surface area contributed by atoms with Gasteiger partial charge in [0.2, 0.25) is 0 Å². The van der Waals surface area contributed by atoms with Crippen molar-refractivity contribution in [2.24, 2.45) is 47.3 Å². The van der Waals surface area contributed by atoms with Gasteiger partial charge < -0.3 is 9.47 Å². The first-order valence-electron chi connectivity index (χ1n) is 24.1. The molecule has 2 saturated heterocycles. The molecule has 0 spiro atoms. The van der Waals surface area contributed by atoms with E-state index in [4.69, 9.17) is 9.47 Å². The molecule has 2 heteroatoms. The second-order valence-corrected chi connectivity index (χ2v) is 20.4. The third-order valence-corrected chi connectivity index (χ3v) is 13.1. The van der Waals surface area contributed by atoms with Crippen molar-refractivity contribution in [3.05, 3.63) is 58.7 Å². The number of allylic oxidation sites excluding steroid dienone is 4. The van der Waals surface area contributed by atoms with Gasteiger partial charge in [0, 0.05) is 14.6 Å². The molecule has 0 aromatic heterocycles. The Morgan fingerprint density at radius 1 is 0.368 bits per heavy atom. The van der Waals surface area contributed by atoms with E-state index in [2.05, 4.69) is 133 Å². The number of ether oxygens (including phenoxy) is 2. The van der Waals surface area contributed by atoms with Crippen LogP contribution in [0.4, 0.5) is 0 Å². The van der Waals surface area contributed by atoms with E-state index in [9.17, 15) is 0 Å². The van der Waals surface area contributed by atoms with E-state index >= 15 is 0 Å². The van der Waals surface area contributed by atoms with Crippen LogP contribution in [0.5, 0.6) is 0 Å². The van der Waals surface area contributed by atoms with E-state index in [1.54, 1.807) is 11.1 Å². The maximum absolute atomic E-state index is 5.39. The van der Waals surface area contributed by atoms with E-state index in [1.165, 1.54) is 127 Å². The van der Waals surface area contributed by atoms with Crippen molar-refractivity contribution in [3.63, 3.8) is 0 Å². The minimum absolute atomic E-state index is 0. The van der Waals surface area contributed by atoms with E-state index in [0.29, 0.717) is 12.2 Å². The Morgan fingerprint density at radius 2 is 0.632 bits per heavy atom. The Labute approximate surface area is 361 Å². The molecule has 6 atom stereocenters. The van der Waals surface area contributed by atoms with Gasteiger partial charge in [-0.15, -0.1) is 0 Å². The average Bonchev–Trinajstić information content (AvgIpc) is 3.18. The summed E-state index contributed by atoms with van der Waals surface area (Å²) in [5.74, 6) is 7.56. The number of benzene rings is 1. The fraction of sp³-hybridized carbons (Fsp3) is 0.818. The summed E-state index contributed by atoms with van der Waals surface area (Å²) in [6.45, 7) is 33.5. The molecule has 0 N–H and O–H groups in total. The molecule has 2 heterocycles. The summed E-state index contributed by atoms with van der Waals surface area (Å²) in [6, 6.07) is 8.48. The minimum Gasteiger partial charge on any atom is -0.378 e. The number of hydrogen-bond donors (Lipinski definition) is 0. The predicted octanol–water partition coefficient (Wildman–Crippen LogP) is 18.0. The largest absolute Gasteiger partial charge is 0.378 e. The van der Waals surface area contributed by atoms with Crippen molar-refractivity contribution >= 4 is 0 Å². The van der Waals surface area contributed by atoms with E-state index in [0.717, 1.165) is 60.6 Å². The van der Waals surface area contributed by atoms with E-state index < -0.39 is 0 Å². The van der Waals surface area contributed by atoms with Gasteiger partial charge in [-0.1, -0.05) is 173 Å². The zero-order valence-electron chi connectivity index (χ0n) is 40.2. The van der Waals surface area contributed by atoms with Crippen LogP contribution in [0.1, 0.15) is 219 Å². The van der Waals surface area contributed by atoms with Crippen LogP contribution in [0.2, 0.25) is 0 Å². The molecule has 1 aromatic carbocycles. The lowest BCUT2D eigenvalue weighted by Crippen LogP contribution is -2.21. The SMILES string of the molecule is C.CC1=CCC(C)CC1.CC1=CCC(C)CC1.CC1CCC(C)CC1.CC1CCC(C)CC1.CC1CCC(C)OC1.CC1CCC(C)OC1.Cc1ccc(C)cc1.[HH]. The van der Waals surface area contributed by atoms with Gasteiger partial charge in [0.15, 0.2) is 0 Å². The Kier molecular flexibility index (Phi) is 32.5. The summed E-state index contributed by atoms with van der Waals surface area (Å²) in [4.78, 5) is 0. The van der Waals surface area contributed by atoms with Gasteiger partial charge in [0.05, 0.1) is 12.2 Å². The van der Waals surface area contributed by atoms with Gasteiger partial charge in [-0.2, -0.15) is 0 Å². The zero-order valence-corrected chi connectivity index (χ0v) is 40.2. The molecule has 2 saturated carbocycles. The topological polar surface area (TPSA) is 18.5 Å². The predicted molar refractivity (Wildman–Crippen MR) is 260 cm³/mol. The van der Waals surface area contributed by atoms with Crippen molar-refractivity contribution in [3.8, 4) is 0 Å². The highest BCUT2D eigenvalue weighted by molar-refractivity contribution is 5.19. The van der Waals surface area contributed by atoms with Gasteiger partial charge in [0.25, 0.3) is 0 Å². The van der Waals surface area contributed by atoms with Crippen LogP contribution < -0.4 is 0 Å². The standard InChI is InChI=1S/2C8H16.2C8H14.C8H10.2C7H14O.CH4.H2/c5*1-7-3-5-8(2)6-4-7;2*1-6-3-4-7(2)8-5-6;;/h2*7-8H,3-6H2,1-2H3;2*3,8H,4-6H2,1-2H3;3-6H,1-2H3;2*6-7H,3-5H2,1-2H3;1H4;1H. The molecular weight excluding hydrogens is 693 g/mol. The molecule has 6 aliphatic rings. The first-order chi connectivity index (χ1) is 26.5. The van der Waals surface area contributed by atoms with Crippen molar-refractivity contribution in [2.75, 3.05) is 13.2 Å². The fourth-order valence-electron chi connectivity index (χ4n) is 7.71. The number of aryl methyl sites for hydroxylation is 2. The molecule has 2 nitrogen and oxygen atoms in total. The average molecular weight is 797 g/mol. The third-order valence-electron chi connectivity index (χ3n) is 13.1. The lowest BCUT2D eigenvalue weighted by Gasteiger charge is -2.23. The van der Waals surface area contributed by atoms with Gasteiger partial charge in [-0.3, -0.25) is 0 Å². The molecule has 0 bridgehead atoms. The molecule has 0 radical (unpaired) electrons. The van der Waals surface area contributed by atoms with Crippen molar-refractivity contribution in [1.82, 2.24) is 0 Å². The normalized spacial score (nSPS) is 32.0. The molecule has 4 aliphatic carbocycles. The lowest BCUT2D eigenvalue weighted by molar-refractivity contribution is 0.000174. The van der Waals surface area contributed by atoms with Crippen LogP contribution in [0.3, 0.4) is 0 Å². The third kappa shape index (κ3) is 32.1. The monoisotopic (exact) mass is 797 g/mol. The second kappa shape index (κ2) is 33.4. The summed E-state index contributed by atoms with van der Waals surface area (Å²) in [5.41, 5.74) is 5.83. The van der Waals surface area contributed by atoms with Crippen LogP contribution in [-0.4, -0.2) is 25.4 Å². The zero-order chi connectivity index (χ0) is 41.9. The summed E-state index contributed by atoms with van der Waals surface area (Å²) in [5, 5.41) is 0. The summed E-state index contributed by atoms with van der Waals surface area (Å²) < 4.78 is 10.8. The highest BCUT2D eigenvalue weighted by atomic mass is 16.5. The van der Waals surface area contributed by atoms with Crippen LogP contribution in [0, 0.1) is 61.2 Å². The van der Waals surface area contributed by atoms with Gasteiger partial charge in [-0.05, 0) is 153 Å². The summed E-state index contributed by atoms with van der Waals surface area (Å²) in [7, 11) is 0. The summed E-state index contributed by atoms with van der Waals surface area (Å²) in [6.07, 6.45) is 30.9. The van der Waals surface area contributed by atoms with E-state index in [-0.39, 0.29) is 8.85 Å². The van der Waals surface area contributed by atoms with Crippen LogP contribution in [0.15, 0.2) is 47.6 Å². The van der Waals surface area contributed by atoms with Gasteiger partial charge in [-0.25, -0.2) is 0 Å². The Balaban J connectivity index is 0. The number of rotatable bonds is 0. The van der Waals surface area contributed by atoms with Crippen LogP contribution >= 0.6 is 0 Å². The lowest BCUT2D eigenvalue weighted by atomic mass is 9.84. The smallest absolute Gasteiger partial charge is 0.0547 e. The number of hydrogen-bond acceptors (Lipinski definition) is 2. The Morgan fingerprint density at radius 3 is 0.807 bits per heavy atom. The van der Waals surface area contributed by atoms with Crippen molar-refractivity contribution in [1.29, 1.82) is 0 Å². The maximum Gasteiger partial charge on any atom is 0.0547 e. The molecule has 6 unspecified atom stereocenters. The molecule has 1 aromatic rings. The minimum atomic E-state index is 0. The van der Waals surface area contributed by atoms with Gasteiger partial charge >= 0.3 is 0 Å². The Hall–Kier alpha value is -1.38. The molecule has 7 rings (SSSR count). The van der Waals surface area contributed by atoms with Crippen LogP contribution in [-0.2, 0) is 9.47 Å². The molecular formula is C55H104O2.